The molecule has 1 unspecified atom stereocenters. The minimum Gasteiger partial charge on any atom is -0.493 e. The van der Waals surface area contributed by atoms with Gasteiger partial charge in [0, 0.05) is 6.42 Å². The Labute approximate surface area is 127 Å². The summed E-state index contributed by atoms with van der Waals surface area (Å²) in [6, 6.07) is 17.9. The number of aliphatic hydroxyl groups is 1. The zero-order chi connectivity index (χ0) is 15.3. The fraction of sp³-hybridized carbons (Fsp3) is 0.368. The van der Waals surface area contributed by atoms with Gasteiger partial charge in [0.25, 0.3) is 0 Å². The van der Waals surface area contributed by atoms with Crippen molar-refractivity contribution in [3.63, 3.8) is 0 Å². The van der Waals surface area contributed by atoms with Gasteiger partial charge in [0.15, 0.2) is 0 Å². The van der Waals surface area contributed by atoms with Crippen molar-refractivity contribution in [3.05, 3.63) is 65.7 Å². The van der Waals surface area contributed by atoms with Gasteiger partial charge in [0.2, 0.25) is 0 Å². The summed E-state index contributed by atoms with van der Waals surface area (Å²) in [5.41, 5.74) is 2.30. The number of benzene rings is 2. The smallest absolute Gasteiger partial charge is 0.119 e. The Morgan fingerprint density at radius 1 is 1.00 bits per heavy atom. The number of rotatable bonds is 5. The van der Waals surface area contributed by atoms with E-state index in [1.165, 1.54) is 5.56 Å². The van der Waals surface area contributed by atoms with E-state index in [0.29, 0.717) is 13.0 Å². The van der Waals surface area contributed by atoms with Crippen molar-refractivity contribution in [1.29, 1.82) is 0 Å². The lowest BCUT2D eigenvalue weighted by molar-refractivity contribution is 0.140. The van der Waals surface area contributed by atoms with Gasteiger partial charge in [-0.2, -0.15) is 0 Å². The molecule has 0 aliphatic heterocycles. The predicted octanol–water partition coefficient (Wildman–Crippen LogP) is 4.49. The molecular weight excluding hydrogens is 260 g/mol. The summed E-state index contributed by atoms with van der Waals surface area (Å²) >= 11 is 0. The third kappa shape index (κ3) is 4.61. The average Bonchev–Trinajstić information content (AvgIpc) is 2.47. The highest BCUT2D eigenvalue weighted by atomic mass is 16.5. The molecule has 0 aliphatic carbocycles. The Balaban J connectivity index is 1.89. The Morgan fingerprint density at radius 2 is 1.71 bits per heavy atom. The fourth-order valence-electron chi connectivity index (χ4n) is 2.18. The normalized spacial score (nSPS) is 13.0. The van der Waals surface area contributed by atoms with Crippen LogP contribution in [-0.2, 0) is 5.41 Å². The van der Waals surface area contributed by atoms with E-state index in [2.05, 4.69) is 32.9 Å². The molecule has 2 aromatic carbocycles. The molecule has 112 valence electrons. The van der Waals surface area contributed by atoms with Crippen molar-refractivity contribution in [1.82, 2.24) is 0 Å². The average molecular weight is 284 g/mol. The second-order valence-electron chi connectivity index (χ2n) is 6.34. The third-order valence-corrected chi connectivity index (χ3v) is 3.54. The van der Waals surface area contributed by atoms with Gasteiger partial charge >= 0.3 is 0 Å². The molecule has 0 aliphatic rings. The zero-order valence-corrected chi connectivity index (χ0v) is 13.0. The molecule has 0 saturated carbocycles. The van der Waals surface area contributed by atoms with Crippen LogP contribution in [-0.4, -0.2) is 11.7 Å². The van der Waals surface area contributed by atoms with E-state index in [-0.39, 0.29) is 5.41 Å². The van der Waals surface area contributed by atoms with Gasteiger partial charge in [-0.25, -0.2) is 0 Å². The van der Waals surface area contributed by atoms with Crippen LogP contribution in [0.5, 0.6) is 5.75 Å². The van der Waals surface area contributed by atoms with Crippen LogP contribution in [0.4, 0.5) is 0 Å². The molecule has 2 aromatic rings. The summed E-state index contributed by atoms with van der Waals surface area (Å²) in [5.74, 6) is 0.864. The molecule has 0 radical (unpaired) electrons. The van der Waals surface area contributed by atoms with Gasteiger partial charge in [-0.15, -0.1) is 0 Å². The lowest BCUT2D eigenvalue weighted by Gasteiger charge is -2.20. The van der Waals surface area contributed by atoms with Crippen LogP contribution < -0.4 is 4.74 Å². The van der Waals surface area contributed by atoms with Crippen molar-refractivity contribution in [2.45, 2.75) is 38.7 Å². The van der Waals surface area contributed by atoms with Crippen LogP contribution in [0.1, 0.15) is 44.4 Å². The predicted molar refractivity (Wildman–Crippen MR) is 86.7 cm³/mol. The van der Waals surface area contributed by atoms with Gasteiger partial charge in [-0.3, -0.25) is 0 Å². The van der Waals surface area contributed by atoms with Crippen molar-refractivity contribution in [3.8, 4) is 5.75 Å². The topological polar surface area (TPSA) is 29.5 Å². The highest BCUT2D eigenvalue weighted by Gasteiger charge is 2.14. The highest BCUT2D eigenvalue weighted by molar-refractivity contribution is 5.32. The summed E-state index contributed by atoms with van der Waals surface area (Å²) in [6.07, 6.45) is 0.112. The highest BCUT2D eigenvalue weighted by Crippen LogP contribution is 2.26. The molecule has 0 fully saturated rings. The summed E-state index contributed by atoms with van der Waals surface area (Å²) in [5, 5.41) is 10.1. The van der Waals surface area contributed by atoms with Crippen LogP contribution in [0.2, 0.25) is 0 Å². The number of aliphatic hydroxyl groups excluding tert-OH is 1. The lowest BCUT2D eigenvalue weighted by Crippen LogP contribution is -2.11. The monoisotopic (exact) mass is 284 g/mol. The first-order valence-corrected chi connectivity index (χ1v) is 7.43. The molecule has 0 saturated heterocycles. The van der Waals surface area contributed by atoms with Crippen molar-refractivity contribution < 1.29 is 9.84 Å². The standard InChI is InChI=1S/C19H24O2/c1-19(2,3)16-10-7-11-17(14-16)21-13-12-18(20)15-8-5-4-6-9-15/h4-11,14,18,20H,12-13H2,1-3H3. The summed E-state index contributed by atoms with van der Waals surface area (Å²) in [4.78, 5) is 0. The molecule has 0 bridgehead atoms. The zero-order valence-electron chi connectivity index (χ0n) is 13.0. The molecular formula is C19H24O2. The van der Waals surface area contributed by atoms with Crippen LogP contribution in [0.15, 0.2) is 54.6 Å². The maximum absolute atomic E-state index is 10.1. The Morgan fingerprint density at radius 3 is 2.38 bits per heavy atom. The van der Waals surface area contributed by atoms with Gasteiger partial charge < -0.3 is 9.84 Å². The number of ether oxygens (including phenoxy) is 1. The van der Waals surface area contributed by atoms with E-state index in [1.807, 2.05) is 42.5 Å². The van der Waals surface area contributed by atoms with E-state index < -0.39 is 6.10 Å². The second kappa shape index (κ2) is 6.77. The van der Waals surface area contributed by atoms with Crippen LogP contribution in [0.25, 0.3) is 0 Å². The quantitative estimate of drug-likeness (QED) is 0.876. The molecule has 0 spiro atoms. The molecule has 1 N–H and O–H groups in total. The third-order valence-electron chi connectivity index (χ3n) is 3.54. The molecule has 0 amide bonds. The van der Waals surface area contributed by atoms with Gasteiger partial charge in [0.1, 0.15) is 5.75 Å². The Bertz CT molecular complexity index is 555. The van der Waals surface area contributed by atoms with E-state index in [0.717, 1.165) is 11.3 Å². The second-order valence-corrected chi connectivity index (χ2v) is 6.34. The first-order chi connectivity index (χ1) is 9.97. The van der Waals surface area contributed by atoms with Crippen LogP contribution in [0.3, 0.4) is 0 Å². The van der Waals surface area contributed by atoms with E-state index in [9.17, 15) is 5.11 Å². The number of hydrogen-bond donors (Lipinski definition) is 1. The first kappa shape index (κ1) is 15.6. The van der Waals surface area contributed by atoms with Crippen LogP contribution in [0, 0.1) is 0 Å². The molecule has 2 heteroatoms. The minimum absolute atomic E-state index is 0.114. The van der Waals surface area contributed by atoms with Crippen LogP contribution >= 0.6 is 0 Å². The maximum Gasteiger partial charge on any atom is 0.119 e. The minimum atomic E-state index is -0.475. The maximum atomic E-state index is 10.1. The Kier molecular flexibility index (Phi) is 5.03. The molecule has 2 nitrogen and oxygen atoms in total. The Hall–Kier alpha value is -1.80. The van der Waals surface area contributed by atoms with Crippen molar-refractivity contribution in [2.24, 2.45) is 0 Å². The summed E-state index contributed by atoms with van der Waals surface area (Å²) < 4.78 is 5.77. The number of hydrogen-bond acceptors (Lipinski definition) is 2. The molecule has 2 rings (SSSR count). The molecule has 0 heterocycles. The van der Waals surface area contributed by atoms with Crippen molar-refractivity contribution >= 4 is 0 Å². The SMILES string of the molecule is CC(C)(C)c1cccc(OCCC(O)c2ccccc2)c1. The molecule has 1 atom stereocenters. The fourth-order valence-corrected chi connectivity index (χ4v) is 2.18. The van der Waals surface area contributed by atoms with E-state index in [4.69, 9.17) is 4.74 Å². The summed E-state index contributed by atoms with van der Waals surface area (Å²) in [6.45, 7) is 7.06. The van der Waals surface area contributed by atoms with Crippen molar-refractivity contribution in [2.75, 3.05) is 6.61 Å². The molecule has 0 aromatic heterocycles. The van der Waals surface area contributed by atoms with Gasteiger partial charge in [-0.1, -0.05) is 63.2 Å². The van der Waals surface area contributed by atoms with E-state index >= 15 is 0 Å². The largest absolute Gasteiger partial charge is 0.493 e. The lowest BCUT2D eigenvalue weighted by atomic mass is 9.87. The van der Waals surface area contributed by atoms with E-state index in [1.54, 1.807) is 0 Å². The molecule has 21 heavy (non-hydrogen) atoms. The summed E-state index contributed by atoms with van der Waals surface area (Å²) in [7, 11) is 0. The first-order valence-electron chi connectivity index (χ1n) is 7.43. The van der Waals surface area contributed by atoms with Gasteiger partial charge in [0.05, 0.1) is 12.7 Å². The van der Waals surface area contributed by atoms with Gasteiger partial charge in [-0.05, 0) is 28.7 Å².